The molecule has 0 heterocycles. The summed E-state index contributed by atoms with van der Waals surface area (Å²) in [6.07, 6.45) is 0.419. The van der Waals surface area contributed by atoms with E-state index in [4.69, 9.17) is 4.74 Å². The Morgan fingerprint density at radius 2 is 1.48 bits per heavy atom. The SMILES string of the molecule is Cc1ccccc1CN(C(=O)COc1ccccc1)[C@H](Cc1ccccc1)C(=O)NC(C)C. The van der Waals surface area contributed by atoms with Gasteiger partial charge in [0.05, 0.1) is 0 Å². The number of para-hydroxylation sites is 1. The summed E-state index contributed by atoms with van der Waals surface area (Å²) in [5.41, 5.74) is 3.07. The fourth-order valence-corrected chi connectivity index (χ4v) is 3.65. The van der Waals surface area contributed by atoms with Crippen molar-refractivity contribution >= 4 is 11.8 Å². The van der Waals surface area contributed by atoms with Gasteiger partial charge in [0.2, 0.25) is 5.91 Å². The number of nitrogens with one attached hydrogen (secondary N) is 1. The largest absolute Gasteiger partial charge is 0.484 e. The number of carbonyl (C=O) groups excluding carboxylic acids is 2. The van der Waals surface area contributed by atoms with E-state index in [-0.39, 0.29) is 24.5 Å². The number of hydrogen-bond donors (Lipinski definition) is 1. The van der Waals surface area contributed by atoms with Gasteiger partial charge in [-0.2, -0.15) is 0 Å². The highest BCUT2D eigenvalue weighted by Gasteiger charge is 2.31. The third kappa shape index (κ3) is 7.21. The Morgan fingerprint density at radius 3 is 2.12 bits per heavy atom. The molecule has 0 aliphatic heterocycles. The molecule has 0 unspecified atom stereocenters. The van der Waals surface area contributed by atoms with Crippen LogP contribution in [0.4, 0.5) is 0 Å². The smallest absolute Gasteiger partial charge is 0.261 e. The van der Waals surface area contributed by atoms with Gasteiger partial charge in [-0.05, 0) is 49.6 Å². The third-order valence-electron chi connectivity index (χ3n) is 5.41. The van der Waals surface area contributed by atoms with Crippen LogP contribution < -0.4 is 10.1 Å². The van der Waals surface area contributed by atoms with E-state index in [9.17, 15) is 9.59 Å². The summed E-state index contributed by atoms with van der Waals surface area (Å²) in [6.45, 7) is 6.04. The lowest BCUT2D eigenvalue weighted by molar-refractivity contribution is -0.143. The van der Waals surface area contributed by atoms with Gasteiger partial charge in [-0.15, -0.1) is 0 Å². The van der Waals surface area contributed by atoms with E-state index >= 15 is 0 Å². The molecule has 0 aromatic heterocycles. The van der Waals surface area contributed by atoms with Gasteiger partial charge in [0, 0.05) is 19.0 Å². The lowest BCUT2D eigenvalue weighted by Crippen LogP contribution is -2.52. The zero-order chi connectivity index (χ0) is 23.6. The van der Waals surface area contributed by atoms with Crippen LogP contribution in [0.25, 0.3) is 0 Å². The molecule has 0 bridgehead atoms. The van der Waals surface area contributed by atoms with E-state index in [1.807, 2.05) is 106 Å². The summed E-state index contributed by atoms with van der Waals surface area (Å²) in [6, 6.07) is 26.2. The molecule has 0 aliphatic rings. The van der Waals surface area contributed by atoms with Gasteiger partial charge in [-0.25, -0.2) is 0 Å². The summed E-state index contributed by atoms with van der Waals surface area (Å²) >= 11 is 0. The first-order valence-electron chi connectivity index (χ1n) is 11.3. The van der Waals surface area contributed by atoms with Crippen molar-refractivity contribution < 1.29 is 14.3 Å². The van der Waals surface area contributed by atoms with Gasteiger partial charge in [0.25, 0.3) is 5.91 Å². The van der Waals surface area contributed by atoms with Crippen molar-refractivity contribution in [1.82, 2.24) is 10.2 Å². The molecule has 3 aromatic rings. The highest BCUT2D eigenvalue weighted by molar-refractivity contribution is 5.88. The standard InChI is InChI=1S/C28H32N2O3/c1-21(2)29-28(32)26(18-23-13-6-4-7-14-23)30(19-24-15-11-10-12-22(24)3)27(31)20-33-25-16-8-5-9-17-25/h4-17,21,26H,18-20H2,1-3H3,(H,29,32)/t26-/m1/s1. The second-order valence-electron chi connectivity index (χ2n) is 8.42. The van der Waals surface area contributed by atoms with Crippen LogP contribution in [0.3, 0.4) is 0 Å². The Hall–Kier alpha value is -3.60. The molecule has 3 aromatic carbocycles. The van der Waals surface area contributed by atoms with Crippen molar-refractivity contribution in [2.75, 3.05) is 6.61 Å². The number of aryl methyl sites for hydroxylation is 1. The number of nitrogens with zero attached hydrogens (tertiary/aromatic N) is 1. The molecule has 0 spiro atoms. The Kier molecular flexibility index (Phi) is 8.64. The molecular weight excluding hydrogens is 412 g/mol. The van der Waals surface area contributed by atoms with Gasteiger partial charge in [-0.3, -0.25) is 9.59 Å². The maximum atomic E-state index is 13.5. The maximum Gasteiger partial charge on any atom is 0.261 e. The number of carbonyl (C=O) groups is 2. The summed E-state index contributed by atoms with van der Waals surface area (Å²) in [7, 11) is 0. The van der Waals surface area contributed by atoms with Crippen molar-refractivity contribution in [3.05, 3.63) is 102 Å². The van der Waals surface area contributed by atoms with Gasteiger partial charge in [-0.1, -0.05) is 72.8 Å². The zero-order valence-corrected chi connectivity index (χ0v) is 19.5. The summed E-state index contributed by atoms with van der Waals surface area (Å²) in [5, 5.41) is 3.00. The topological polar surface area (TPSA) is 58.6 Å². The predicted octanol–water partition coefficient (Wildman–Crippen LogP) is 4.54. The molecule has 33 heavy (non-hydrogen) atoms. The van der Waals surface area contributed by atoms with Crippen molar-refractivity contribution in [3.8, 4) is 5.75 Å². The molecule has 0 fully saturated rings. The summed E-state index contributed by atoms with van der Waals surface area (Å²) in [5.74, 6) is 0.213. The van der Waals surface area contributed by atoms with E-state index < -0.39 is 6.04 Å². The molecule has 0 aliphatic carbocycles. The van der Waals surface area contributed by atoms with E-state index in [2.05, 4.69) is 5.32 Å². The molecule has 3 rings (SSSR count). The molecule has 1 atom stereocenters. The molecule has 172 valence electrons. The second-order valence-corrected chi connectivity index (χ2v) is 8.42. The molecule has 2 amide bonds. The number of ether oxygens (including phenoxy) is 1. The van der Waals surface area contributed by atoms with Crippen LogP contribution in [-0.4, -0.2) is 35.4 Å². The van der Waals surface area contributed by atoms with Crippen molar-refractivity contribution in [2.45, 2.75) is 45.8 Å². The molecule has 0 saturated carbocycles. The monoisotopic (exact) mass is 444 g/mol. The lowest BCUT2D eigenvalue weighted by atomic mass is 10.0. The number of rotatable bonds is 10. The van der Waals surface area contributed by atoms with E-state index in [0.29, 0.717) is 18.7 Å². The van der Waals surface area contributed by atoms with E-state index in [1.54, 1.807) is 4.90 Å². The lowest BCUT2D eigenvalue weighted by Gasteiger charge is -2.32. The van der Waals surface area contributed by atoms with Crippen molar-refractivity contribution in [2.24, 2.45) is 0 Å². The predicted molar refractivity (Wildman–Crippen MR) is 131 cm³/mol. The van der Waals surface area contributed by atoms with E-state index in [0.717, 1.165) is 16.7 Å². The van der Waals surface area contributed by atoms with Gasteiger partial charge in [0.1, 0.15) is 11.8 Å². The number of hydrogen-bond acceptors (Lipinski definition) is 3. The average Bonchev–Trinajstić information content (AvgIpc) is 2.81. The van der Waals surface area contributed by atoms with Crippen molar-refractivity contribution in [1.29, 1.82) is 0 Å². The molecular formula is C28H32N2O3. The number of amides is 2. The van der Waals surface area contributed by atoms with Gasteiger partial charge in [0.15, 0.2) is 6.61 Å². The average molecular weight is 445 g/mol. The summed E-state index contributed by atoms with van der Waals surface area (Å²) < 4.78 is 5.76. The minimum Gasteiger partial charge on any atom is -0.484 e. The van der Waals surface area contributed by atoms with Gasteiger partial charge >= 0.3 is 0 Å². The van der Waals surface area contributed by atoms with Crippen LogP contribution in [0.5, 0.6) is 5.75 Å². The fourth-order valence-electron chi connectivity index (χ4n) is 3.65. The number of benzene rings is 3. The minimum atomic E-state index is -0.665. The van der Waals surface area contributed by atoms with Crippen LogP contribution in [-0.2, 0) is 22.6 Å². The zero-order valence-electron chi connectivity index (χ0n) is 19.5. The summed E-state index contributed by atoms with van der Waals surface area (Å²) in [4.78, 5) is 28.4. The van der Waals surface area contributed by atoms with Crippen LogP contribution >= 0.6 is 0 Å². The van der Waals surface area contributed by atoms with Crippen LogP contribution in [0.2, 0.25) is 0 Å². The minimum absolute atomic E-state index is 0.0354. The van der Waals surface area contributed by atoms with Crippen molar-refractivity contribution in [3.63, 3.8) is 0 Å². The quantitative estimate of drug-likeness (QED) is 0.500. The van der Waals surface area contributed by atoms with Crippen LogP contribution in [0.1, 0.15) is 30.5 Å². The third-order valence-corrected chi connectivity index (χ3v) is 5.41. The normalized spacial score (nSPS) is 11.6. The first-order chi connectivity index (χ1) is 15.9. The Morgan fingerprint density at radius 1 is 0.879 bits per heavy atom. The molecule has 5 heteroatoms. The first-order valence-corrected chi connectivity index (χ1v) is 11.3. The Labute approximate surface area is 196 Å². The fraction of sp³-hybridized carbons (Fsp3) is 0.286. The molecule has 0 saturated heterocycles. The van der Waals surface area contributed by atoms with Gasteiger partial charge < -0.3 is 15.0 Å². The Balaban J connectivity index is 1.91. The first kappa shape index (κ1) is 24.1. The highest BCUT2D eigenvalue weighted by atomic mass is 16.5. The molecule has 5 nitrogen and oxygen atoms in total. The van der Waals surface area contributed by atoms with Crippen LogP contribution in [0, 0.1) is 6.92 Å². The van der Waals surface area contributed by atoms with E-state index in [1.165, 1.54) is 0 Å². The maximum absolute atomic E-state index is 13.5. The second kappa shape index (κ2) is 11.9. The molecule has 1 N–H and O–H groups in total. The molecule has 0 radical (unpaired) electrons. The van der Waals surface area contributed by atoms with Crippen LogP contribution in [0.15, 0.2) is 84.9 Å². The highest BCUT2D eigenvalue weighted by Crippen LogP contribution is 2.18. The Bertz CT molecular complexity index is 1040.